The summed E-state index contributed by atoms with van der Waals surface area (Å²) in [5.41, 5.74) is 0. The van der Waals surface area contributed by atoms with Crippen molar-refractivity contribution in [3.63, 3.8) is 0 Å². The Hall–Kier alpha value is -0.940. The van der Waals surface area contributed by atoms with Crippen LogP contribution in [0.2, 0.25) is 0 Å². The van der Waals surface area contributed by atoms with Crippen LogP contribution in [0, 0.1) is 5.82 Å². The van der Waals surface area contributed by atoms with Gasteiger partial charge in [0.25, 0.3) is 0 Å². The number of hydrogen-bond donors (Lipinski definition) is 0. The van der Waals surface area contributed by atoms with Crippen molar-refractivity contribution in [3.05, 3.63) is 17.9 Å². The van der Waals surface area contributed by atoms with Gasteiger partial charge in [0.1, 0.15) is 0 Å². The lowest BCUT2D eigenvalue weighted by Gasteiger charge is -2.12. The van der Waals surface area contributed by atoms with Gasteiger partial charge >= 0.3 is 0 Å². The summed E-state index contributed by atoms with van der Waals surface area (Å²) in [6.45, 7) is 0.0116. The number of thioether (sulfide) groups is 1. The largest absolute Gasteiger partial charge is 0.494 e. The molecule has 0 amide bonds. The van der Waals surface area contributed by atoms with Gasteiger partial charge in [0.15, 0.2) is 18.3 Å². The quantitative estimate of drug-likeness (QED) is 0.576. The summed E-state index contributed by atoms with van der Waals surface area (Å²) in [5.74, 6) is -0.163. The van der Waals surface area contributed by atoms with E-state index in [1.165, 1.54) is 26.0 Å². The molecule has 0 fully saturated rings. The van der Waals surface area contributed by atoms with E-state index in [-0.39, 0.29) is 18.3 Å². The molecule has 5 heteroatoms. The SMILES string of the molecule is COCOc1c(SC)ccc(OC)c1F. The first-order chi connectivity index (χ1) is 7.24. The summed E-state index contributed by atoms with van der Waals surface area (Å²) in [5, 5.41) is 0. The van der Waals surface area contributed by atoms with Crippen molar-refractivity contribution in [2.45, 2.75) is 4.90 Å². The second-order valence-corrected chi connectivity index (χ2v) is 3.51. The van der Waals surface area contributed by atoms with Crippen LogP contribution in [0.4, 0.5) is 4.39 Å². The highest BCUT2D eigenvalue weighted by molar-refractivity contribution is 7.98. The highest BCUT2D eigenvalue weighted by atomic mass is 32.2. The minimum atomic E-state index is -0.499. The second kappa shape index (κ2) is 5.82. The van der Waals surface area contributed by atoms with Gasteiger partial charge in [-0.05, 0) is 18.4 Å². The van der Waals surface area contributed by atoms with Crippen molar-refractivity contribution < 1.29 is 18.6 Å². The third-order valence-corrected chi connectivity index (χ3v) is 2.55. The molecule has 0 aliphatic carbocycles. The molecule has 0 saturated heterocycles. The lowest BCUT2D eigenvalue weighted by atomic mass is 10.3. The molecule has 15 heavy (non-hydrogen) atoms. The van der Waals surface area contributed by atoms with Gasteiger partial charge in [-0.3, -0.25) is 0 Å². The predicted molar refractivity (Wildman–Crippen MR) is 57.2 cm³/mol. The summed E-state index contributed by atoms with van der Waals surface area (Å²) in [7, 11) is 2.90. The molecular formula is C10H13FO3S. The van der Waals surface area contributed by atoms with E-state index in [0.717, 1.165) is 0 Å². The molecule has 1 rings (SSSR count). The van der Waals surface area contributed by atoms with E-state index in [2.05, 4.69) is 0 Å². The van der Waals surface area contributed by atoms with Crippen LogP contribution >= 0.6 is 11.8 Å². The Kier molecular flexibility index (Phi) is 4.71. The number of methoxy groups -OCH3 is 2. The third-order valence-electron chi connectivity index (χ3n) is 1.79. The molecule has 3 nitrogen and oxygen atoms in total. The minimum absolute atomic E-state index is 0.0116. The van der Waals surface area contributed by atoms with E-state index in [0.29, 0.717) is 4.90 Å². The first-order valence-corrected chi connectivity index (χ1v) is 5.49. The number of hydrogen-bond acceptors (Lipinski definition) is 4. The summed E-state index contributed by atoms with van der Waals surface area (Å²) in [6, 6.07) is 3.32. The molecule has 0 spiro atoms. The number of halogens is 1. The molecule has 0 aliphatic heterocycles. The summed E-state index contributed by atoms with van der Waals surface area (Å²) >= 11 is 1.40. The van der Waals surface area contributed by atoms with Crippen molar-refractivity contribution in [1.82, 2.24) is 0 Å². The standard InChI is InChI=1S/C10H13FO3S/c1-12-6-14-10-8(15-3)5-4-7(13-2)9(10)11/h4-5H,6H2,1-3H3. The summed E-state index contributed by atoms with van der Waals surface area (Å²) in [4.78, 5) is 0.713. The topological polar surface area (TPSA) is 27.7 Å². The molecule has 0 aliphatic rings. The Labute approximate surface area is 92.5 Å². The van der Waals surface area contributed by atoms with E-state index in [4.69, 9.17) is 14.2 Å². The molecule has 0 atom stereocenters. The maximum absolute atomic E-state index is 13.7. The van der Waals surface area contributed by atoms with Crippen LogP contribution in [0.1, 0.15) is 0 Å². The third kappa shape index (κ3) is 2.76. The van der Waals surface area contributed by atoms with Crippen LogP contribution in [-0.4, -0.2) is 27.3 Å². The molecule has 0 radical (unpaired) electrons. The van der Waals surface area contributed by atoms with Crippen LogP contribution < -0.4 is 9.47 Å². The van der Waals surface area contributed by atoms with E-state index in [1.54, 1.807) is 12.1 Å². The average Bonchev–Trinajstić information content (AvgIpc) is 2.27. The van der Waals surface area contributed by atoms with Crippen LogP contribution in [0.5, 0.6) is 11.5 Å². The second-order valence-electron chi connectivity index (χ2n) is 2.66. The normalized spacial score (nSPS) is 10.1. The van der Waals surface area contributed by atoms with E-state index in [9.17, 15) is 4.39 Å². The minimum Gasteiger partial charge on any atom is -0.494 e. The van der Waals surface area contributed by atoms with Crippen LogP contribution in [0.25, 0.3) is 0 Å². The summed E-state index contributed by atoms with van der Waals surface area (Å²) < 4.78 is 28.5. The van der Waals surface area contributed by atoms with Gasteiger partial charge in [-0.25, -0.2) is 0 Å². The first kappa shape index (κ1) is 12.1. The van der Waals surface area contributed by atoms with E-state index < -0.39 is 5.82 Å². The Morgan fingerprint density at radius 1 is 1.33 bits per heavy atom. The van der Waals surface area contributed by atoms with Gasteiger partial charge in [0.2, 0.25) is 5.82 Å². The Morgan fingerprint density at radius 2 is 2.07 bits per heavy atom. The average molecular weight is 232 g/mol. The van der Waals surface area contributed by atoms with Crippen LogP contribution in [0.3, 0.4) is 0 Å². The highest BCUT2D eigenvalue weighted by Gasteiger charge is 2.14. The monoisotopic (exact) mass is 232 g/mol. The van der Waals surface area contributed by atoms with E-state index >= 15 is 0 Å². The molecular weight excluding hydrogens is 219 g/mol. The highest BCUT2D eigenvalue weighted by Crippen LogP contribution is 2.35. The molecule has 0 saturated carbocycles. The van der Waals surface area contributed by atoms with Gasteiger partial charge < -0.3 is 14.2 Å². The first-order valence-electron chi connectivity index (χ1n) is 4.26. The van der Waals surface area contributed by atoms with Crippen LogP contribution in [-0.2, 0) is 4.74 Å². The number of benzene rings is 1. The van der Waals surface area contributed by atoms with Crippen molar-refractivity contribution in [3.8, 4) is 11.5 Å². The van der Waals surface area contributed by atoms with Gasteiger partial charge in [-0.2, -0.15) is 4.39 Å². The zero-order chi connectivity index (χ0) is 11.3. The summed E-state index contributed by atoms with van der Waals surface area (Å²) in [6.07, 6.45) is 1.85. The fourth-order valence-electron chi connectivity index (χ4n) is 1.09. The Balaban J connectivity index is 3.05. The zero-order valence-corrected chi connectivity index (χ0v) is 9.69. The van der Waals surface area contributed by atoms with Gasteiger partial charge in [-0.1, -0.05) is 0 Å². The van der Waals surface area contributed by atoms with Gasteiger partial charge in [-0.15, -0.1) is 11.8 Å². The molecule has 1 aromatic rings. The van der Waals surface area contributed by atoms with Crippen LogP contribution in [0.15, 0.2) is 17.0 Å². The van der Waals surface area contributed by atoms with E-state index in [1.807, 2.05) is 6.26 Å². The Bertz CT molecular complexity index is 331. The van der Waals surface area contributed by atoms with Gasteiger partial charge in [0, 0.05) is 7.11 Å². The molecule has 0 unspecified atom stereocenters. The Morgan fingerprint density at radius 3 is 2.60 bits per heavy atom. The van der Waals surface area contributed by atoms with Crippen molar-refractivity contribution in [1.29, 1.82) is 0 Å². The maximum Gasteiger partial charge on any atom is 0.208 e. The van der Waals surface area contributed by atoms with Crippen molar-refractivity contribution in [2.24, 2.45) is 0 Å². The van der Waals surface area contributed by atoms with Crippen molar-refractivity contribution in [2.75, 3.05) is 27.3 Å². The molecule has 1 aromatic carbocycles. The lowest BCUT2D eigenvalue weighted by Crippen LogP contribution is -2.03. The molecule has 84 valence electrons. The molecule has 0 aromatic heterocycles. The number of ether oxygens (including phenoxy) is 3. The van der Waals surface area contributed by atoms with Gasteiger partial charge in [0.05, 0.1) is 12.0 Å². The predicted octanol–water partition coefficient (Wildman–Crippen LogP) is 2.54. The smallest absolute Gasteiger partial charge is 0.208 e. The molecule has 0 N–H and O–H groups in total. The van der Waals surface area contributed by atoms with Crippen molar-refractivity contribution >= 4 is 11.8 Å². The zero-order valence-electron chi connectivity index (χ0n) is 8.87. The lowest BCUT2D eigenvalue weighted by molar-refractivity contribution is 0.0458. The number of rotatable bonds is 5. The fourth-order valence-corrected chi connectivity index (χ4v) is 1.63. The fraction of sp³-hybridized carbons (Fsp3) is 0.400. The maximum atomic E-state index is 13.7. The molecule has 0 heterocycles. The molecule has 0 bridgehead atoms.